The molecule has 37 heavy (non-hydrogen) atoms. The standard InChI is InChI=1S/C25H29F3N6O2Si/c1-37(2,3)10-9-16-7-8-21-32-33-22(34(21)13-16)17-5-4-6-18(11-17)30-24-29-12-20(25(26,27)28)23(31-24)36-19-14-35-15-19/h7-8,12-13,17-19H,4-6,11,14-15H2,1-3H3,(H,29,30,31)/t17-,18+/m0/s1. The lowest BCUT2D eigenvalue weighted by molar-refractivity contribution is -0.142. The van der Waals surface area contributed by atoms with Crippen LogP contribution in [-0.4, -0.2) is 58.0 Å². The maximum atomic E-state index is 13.4. The molecule has 196 valence electrons. The highest BCUT2D eigenvalue weighted by Gasteiger charge is 2.38. The summed E-state index contributed by atoms with van der Waals surface area (Å²) in [5.74, 6) is 3.92. The van der Waals surface area contributed by atoms with Crippen LogP contribution in [0.5, 0.6) is 5.88 Å². The Labute approximate surface area is 214 Å². The normalized spacial score (nSPS) is 20.7. The Hall–Kier alpha value is -3.17. The maximum Gasteiger partial charge on any atom is 0.423 e. The van der Waals surface area contributed by atoms with Crippen LogP contribution in [0.1, 0.15) is 48.6 Å². The van der Waals surface area contributed by atoms with Gasteiger partial charge in [-0.15, -0.1) is 15.7 Å². The molecule has 1 aliphatic carbocycles. The highest BCUT2D eigenvalue weighted by Crippen LogP contribution is 2.37. The number of alkyl halides is 3. The highest BCUT2D eigenvalue weighted by molar-refractivity contribution is 6.83. The van der Waals surface area contributed by atoms with Gasteiger partial charge in [-0.2, -0.15) is 18.2 Å². The van der Waals surface area contributed by atoms with Gasteiger partial charge in [-0.05, 0) is 31.4 Å². The van der Waals surface area contributed by atoms with Crippen molar-refractivity contribution in [1.29, 1.82) is 0 Å². The summed E-state index contributed by atoms with van der Waals surface area (Å²) in [5.41, 5.74) is 4.08. The summed E-state index contributed by atoms with van der Waals surface area (Å²) in [6.07, 6.45) is 1.15. The quantitative estimate of drug-likeness (QED) is 0.379. The molecule has 3 aromatic rings. The third-order valence-electron chi connectivity index (χ3n) is 6.33. The van der Waals surface area contributed by atoms with E-state index in [1.807, 2.05) is 22.7 Å². The van der Waals surface area contributed by atoms with Gasteiger partial charge in [-0.1, -0.05) is 32.0 Å². The molecule has 1 saturated heterocycles. The fourth-order valence-corrected chi connectivity index (χ4v) is 4.94. The topological polar surface area (TPSA) is 86.5 Å². The van der Waals surface area contributed by atoms with Crippen molar-refractivity contribution < 1.29 is 22.6 Å². The van der Waals surface area contributed by atoms with Gasteiger partial charge >= 0.3 is 6.18 Å². The van der Waals surface area contributed by atoms with E-state index in [9.17, 15) is 13.2 Å². The van der Waals surface area contributed by atoms with Gasteiger partial charge in [0, 0.05) is 29.9 Å². The van der Waals surface area contributed by atoms with Crippen molar-refractivity contribution >= 4 is 19.7 Å². The number of fused-ring (bicyclic) bond motifs is 1. The summed E-state index contributed by atoms with van der Waals surface area (Å²) < 4.78 is 52.8. The van der Waals surface area contributed by atoms with E-state index in [2.05, 4.69) is 56.6 Å². The van der Waals surface area contributed by atoms with E-state index in [1.54, 1.807) is 0 Å². The van der Waals surface area contributed by atoms with Crippen molar-refractivity contribution in [3.05, 3.63) is 41.5 Å². The fourth-order valence-electron chi connectivity index (χ4n) is 4.42. The zero-order chi connectivity index (χ0) is 26.2. The zero-order valence-corrected chi connectivity index (χ0v) is 22.0. The lowest BCUT2D eigenvalue weighted by atomic mass is 9.85. The highest BCUT2D eigenvalue weighted by atomic mass is 28.3. The van der Waals surface area contributed by atoms with E-state index in [-0.39, 0.29) is 31.1 Å². The third-order valence-corrected chi connectivity index (χ3v) is 7.20. The van der Waals surface area contributed by atoms with Gasteiger partial charge in [0.05, 0.1) is 13.2 Å². The Balaban J connectivity index is 1.34. The van der Waals surface area contributed by atoms with Crippen molar-refractivity contribution in [1.82, 2.24) is 24.6 Å². The number of ether oxygens (including phenoxy) is 2. The number of anilines is 1. The van der Waals surface area contributed by atoms with E-state index in [1.165, 1.54) is 0 Å². The molecule has 2 atom stereocenters. The Morgan fingerprint density at radius 2 is 1.97 bits per heavy atom. The summed E-state index contributed by atoms with van der Waals surface area (Å²) >= 11 is 0. The fraction of sp³-hybridized carbons (Fsp3) is 0.520. The molecule has 8 nitrogen and oxygen atoms in total. The Morgan fingerprint density at radius 3 is 2.68 bits per heavy atom. The number of halogens is 3. The van der Waals surface area contributed by atoms with Crippen molar-refractivity contribution in [2.24, 2.45) is 0 Å². The lowest BCUT2D eigenvalue weighted by Crippen LogP contribution is -2.39. The summed E-state index contributed by atoms with van der Waals surface area (Å²) in [4.78, 5) is 8.02. The number of hydrogen-bond donors (Lipinski definition) is 1. The van der Waals surface area contributed by atoms with Crippen LogP contribution < -0.4 is 10.1 Å². The van der Waals surface area contributed by atoms with Crippen LogP contribution in [0.25, 0.3) is 5.65 Å². The monoisotopic (exact) mass is 530 g/mol. The maximum absolute atomic E-state index is 13.4. The van der Waals surface area contributed by atoms with E-state index >= 15 is 0 Å². The molecule has 0 bridgehead atoms. The van der Waals surface area contributed by atoms with Crippen LogP contribution in [-0.2, 0) is 10.9 Å². The molecule has 12 heteroatoms. The van der Waals surface area contributed by atoms with Crippen LogP contribution in [0.4, 0.5) is 19.1 Å². The van der Waals surface area contributed by atoms with Crippen molar-refractivity contribution in [2.45, 2.75) is 69.6 Å². The minimum Gasteiger partial charge on any atom is -0.469 e. The van der Waals surface area contributed by atoms with E-state index < -0.39 is 31.8 Å². The molecular formula is C25H29F3N6O2Si. The smallest absolute Gasteiger partial charge is 0.423 e. The number of rotatable bonds is 5. The van der Waals surface area contributed by atoms with Gasteiger partial charge < -0.3 is 14.8 Å². The average molecular weight is 531 g/mol. The molecule has 4 heterocycles. The molecule has 0 radical (unpaired) electrons. The summed E-state index contributed by atoms with van der Waals surface area (Å²) in [6.45, 7) is 7.09. The SMILES string of the molecule is C[Si](C)(C)C#Cc1ccc2nnc([C@H]3CCC[C@@H](Nc4ncc(C(F)(F)F)c(OC5COC5)n4)C3)n2c1. The number of nitrogens with one attached hydrogen (secondary N) is 1. The van der Waals surface area contributed by atoms with Gasteiger partial charge in [0.2, 0.25) is 11.8 Å². The molecule has 2 fully saturated rings. The summed E-state index contributed by atoms with van der Waals surface area (Å²) in [5, 5.41) is 12.0. The van der Waals surface area contributed by atoms with Gasteiger partial charge in [-0.3, -0.25) is 4.40 Å². The molecule has 0 unspecified atom stereocenters. The van der Waals surface area contributed by atoms with Gasteiger partial charge in [0.25, 0.3) is 0 Å². The van der Waals surface area contributed by atoms with Crippen LogP contribution >= 0.6 is 0 Å². The predicted octanol–water partition coefficient (Wildman–Crippen LogP) is 4.68. The second kappa shape index (κ2) is 9.94. The van der Waals surface area contributed by atoms with Gasteiger partial charge in [0.1, 0.15) is 25.6 Å². The first-order chi connectivity index (χ1) is 17.5. The molecule has 1 saturated carbocycles. The van der Waals surface area contributed by atoms with Crippen LogP contribution in [0, 0.1) is 11.5 Å². The molecule has 5 rings (SSSR count). The first kappa shape index (κ1) is 25.5. The Bertz CT molecular complexity index is 1340. The van der Waals surface area contributed by atoms with E-state index in [4.69, 9.17) is 9.47 Å². The third kappa shape index (κ3) is 6.05. The molecular weight excluding hydrogens is 501 g/mol. The van der Waals surface area contributed by atoms with Crippen LogP contribution in [0.15, 0.2) is 24.5 Å². The van der Waals surface area contributed by atoms with Crippen molar-refractivity contribution in [2.75, 3.05) is 18.5 Å². The molecule has 1 N–H and O–H groups in total. The van der Waals surface area contributed by atoms with Gasteiger partial charge in [-0.25, -0.2) is 4.98 Å². The number of hydrogen-bond acceptors (Lipinski definition) is 7. The van der Waals surface area contributed by atoms with E-state index in [0.29, 0.717) is 0 Å². The number of aromatic nitrogens is 5. The first-order valence-corrected chi connectivity index (χ1v) is 15.9. The number of nitrogens with zero attached hydrogens (tertiary/aromatic N) is 5. The zero-order valence-electron chi connectivity index (χ0n) is 21.0. The molecule has 0 spiro atoms. The first-order valence-electron chi connectivity index (χ1n) is 12.4. The molecule has 1 aliphatic heterocycles. The molecule has 0 amide bonds. The van der Waals surface area contributed by atoms with E-state index in [0.717, 1.165) is 48.9 Å². The predicted molar refractivity (Wildman–Crippen MR) is 134 cm³/mol. The largest absolute Gasteiger partial charge is 0.469 e. The summed E-state index contributed by atoms with van der Waals surface area (Å²) in [7, 11) is -1.51. The van der Waals surface area contributed by atoms with Gasteiger partial charge in [0.15, 0.2) is 5.65 Å². The molecule has 2 aliphatic rings. The molecule has 3 aromatic heterocycles. The van der Waals surface area contributed by atoms with Crippen molar-refractivity contribution in [3.8, 4) is 17.3 Å². The minimum atomic E-state index is -4.61. The Kier molecular flexibility index (Phi) is 6.85. The number of pyridine rings is 1. The summed E-state index contributed by atoms with van der Waals surface area (Å²) in [6, 6.07) is 3.86. The second-order valence-electron chi connectivity index (χ2n) is 10.6. The Morgan fingerprint density at radius 1 is 1.16 bits per heavy atom. The second-order valence-corrected chi connectivity index (χ2v) is 15.3. The minimum absolute atomic E-state index is 0.0300. The van der Waals surface area contributed by atoms with Crippen LogP contribution in [0.3, 0.4) is 0 Å². The van der Waals surface area contributed by atoms with Crippen molar-refractivity contribution in [3.63, 3.8) is 0 Å². The average Bonchev–Trinajstić information content (AvgIpc) is 3.22. The lowest BCUT2D eigenvalue weighted by Gasteiger charge is -2.29. The van der Waals surface area contributed by atoms with Crippen LogP contribution in [0.2, 0.25) is 19.6 Å². The molecule has 0 aromatic carbocycles.